The molecule has 0 amide bonds. The Hall–Kier alpha value is -0.510. The van der Waals surface area contributed by atoms with Gasteiger partial charge in [0.2, 0.25) is 0 Å². The van der Waals surface area contributed by atoms with Crippen LogP contribution >= 0.6 is 11.8 Å². The normalized spacial score (nSPS) is 16.1. The summed E-state index contributed by atoms with van der Waals surface area (Å²) in [5.74, 6) is 1.17. The number of hydrogen-bond acceptors (Lipinski definition) is 3. The van der Waals surface area contributed by atoms with E-state index in [-0.39, 0.29) is 5.54 Å². The standard InChI is InChI=1S/C17H30N2S/c1-5-16(13-20-4)19(3)17(6-2,14-18)12-15-10-8-7-9-11-15/h7-11,16H,5-6,12-14,18H2,1-4H3. The second-order valence-corrected chi connectivity index (χ2v) is 6.48. The molecular formula is C17H30N2S. The van der Waals surface area contributed by atoms with Gasteiger partial charge in [-0.05, 0) is 38.1 Å². The van der Waals surface area contributed by atoms with Crippen molar-refractivity contribution >= 4 is 11.8 Å². The van der Waals surface area contributed by atoms with E-state index in [0.717, 1.165) is 12.8 Å². The quantitative estimate of drug-likeness (QED) is 0.757. The van der Waals surface area contributed by atoms with E-state index in [9.17, 15) is 0 Å². The van der Waals surface area contributed by atoms with Crippen LogP contribution in [0, 0.1) is 0 Å². The summed E-state index contributed by atoms with van der Waals surface area (Å²) >= 11 is 1.92. The summed E-state index contributed by atoms with van der Waals surface area (Å²) in [6, 6.07) is 11.3. The van der Waals surface area contributed by atoms with Crippen molar-refractivity contribution in [1.82, 2.24) is 4.90 Å². The van der Waals surface area contributed by atoms with E-state index in [4.69, 9.17) is 5.73 Å². The van der Waals surface area contributed by atoms with Gasteiger partial charge in [0.15, 0.2) is 0 Å². The Kier molecular flexibility index (Phi) is 7.63. The van der Waals surface area contributed by atoms with Crippen molar-refractivity contribution in [3.8, 4) is 0 Å². The van der Waals surface area contributed by atoms with Crippen LogP contribution in [0.4, 0.5) is 0 Å². The Morgan fingerprint density at radius 3 is 2.35 bits per heavy atom. The molecule has 0 heterocycles. The van der Waals surface area contributed by atoms with Crippen LogP contribution in [0.15, 0.2) is 30.3 Å². The highest BCUT2D eigenvalue weighted by atomic mass is 32.2. The summed E-state index contributed by atoms with van der Waals surface area (Å²) in [5.41, 5.74) is 7.65. The van der Waals surface area contributed by atoms with Crippen LogP contribution in [0.5, 0.6) is 0 Å². The summed E-state index contributed by atoms with van der Waals surface area (Å²) < 4.78 is 0. The van der Waals surface area contributed by atoms with Gasteiger partial charge in [-0.2, -0.15) is 11.8 Å². The molecule has 0 saturated carbocycles. The number of nitrogens with zero attached hydrogens (tertiary/aromatic N) is 1. The predicted molar refractivity (Wildman–Crippen MR) is 92.4 cm³/mol. The van der Waals surface area contributed by atoms with Crippen molar-refractivity contribution in [2.24, 2.45) is 5.73 Å². The molecule has 2 atom stereocenters. The van der Waals surface area contributed by atoms with Gasteiger partial charge in [-0.25, -0.2) is 0 Å². The van der Waals surface area contributed by atoms with E-state index in [1.165, 1.54) is 17.7 Å². The molecule has 3 heteroatoms. The van der Waals surface area contributed by atoms with E-state index in [1.54, 1.807) is 0 Å². The lowest BCUT2D eigenvalue weighted by molar-refractivity contribution is 0.0801. The largest absolute Gasteiger partial charge is 0.329 e. The highest BCUT2D eigenvalue weighted by molar-refractivity contribution is 7.98. The monoisotopic (exact) mass is 294 g/mol. The molecule has 2 unspecified atom stereocenters. The molecule has 114 valence electrons. The molecule has 0 fully saturated rings. The maximum absolute atomic E-state index is 6.21. The predicted octanol–water partition coefficient (Wildman–Crippen LogP) is 3.41. The Labute approximate surface area is 129 Å². The van der Waals surface area contributed by atoms with Crippen molar-refractivity contribution in [3.63, 3.8) is 0 Å². The van der Waals surface area contributed by atoms with Crippen molar-refractivity contribution in [1.29, 1.82) is 0 Å². The highest BCUT2D eigenvalue weighted by Gasteiger charge is 2.34. The average molecular weight is 295 g/mol. The van der Waals surface area contributed by atoms with E-state index in [0.29, 0.717) is 12.6 Å². The Balaban J connectivity index is 2.94. The molecule has 0 aromatic heterocycles. The van der Waals surface area contributed by atoms with Gasteiger partial charge in [-0.3, -0.25) is 4.90 Å². The van der Waals surface area contributed by atoms with Gasteiger partial charge in [-0.15, -0.1) is 0 Å². The van der Waals surface area contributed by atoms with Gasteiger partial charge in [0.05, 0.1) is 0 Å². The van der Waals surface area contributed by atoms with E-state index in [2.05, 4.69) is 62.4 Å². The van der Waals surface area contributed by atoms with Gasteiger partial charge >= 0.3 is 0 Å². The fourth-order valence-electron chi connectivity index (χ4n) is 2.92. The summed E-state index contributed by atoms with van der Waals surface area (Å²) in [6.07, 6.45) is 5.47. The van der Waals surface area contributed by atoms with E-state index in [1.807, 2.05) is 11.8 Å². The maximum atomic E-state index is 6.21. The number of hydrogen-bond donors (Lipinski definition) is 1. The molecule has 1 aromatic rings. The first kappa shape index (κ1) is 17.5. The van der Waals surface area contributed by atoms with Crippen LogP contribution < -0.4 is 5.73 Å². The number of thioether (sulfide) groups is 1. The van der Waals surface area contributed by atoms with Crippen LogP contribution in [0.3, 0.4) is 0 Å². The minimum absolute atomic E-state index is 0.0672. The molecule has 0 aliphatic heterocycles. The van der Waals surface area contributed by atoms with Gasteiger partial charge in [-0.1, -0.05) is 44.2 Å². The molecule has 0 radical (unpaired) electrons. The molecular weight excluding hydrogens is 264 g/mol. The van der Waals surface area contributed by atoms with Crippen molar-refractivity contribution in [3.05, 3.63) is 35.9 Å². The third-order valence-corrected chi connectivity index (χ3v) is 5.26. The van der Waals surface area contributed by atoms with Crippen LogP contribution in [0.25, 0.3) is 0 Å². The molecule has 0 saturated heterocycles. The van der Waals surface area contributed by atoms with Crippen molar-refractivity contribution < 1.29 is 0 Å². The van der Waals surface area contributed by atoms with Gasteiger partial charge in [0.1, 0.15) is 0 Å². The summed E-state index contributed by atoms with van der Waals surface area (Å²) in [6.45, 7) is 5.24. The first-order valence-electron chi connectivity index (χ1n) is 7.59. The number of nitrogens with two attached hydrogens (primary N) is 1. The van der Waals surface area contributed by atoms with Crippen LogP contribution in [-0.2, 0) is 6.42 Å². The third kappa shape index (κ3) is 4.24. The lowest BCUT2D eigenvalue weighted by atomic mass is 9.85. The molecule has 0 spiro atoms. The Bertz CT molecular complexity index is 363. The van der Waals surface area contributed by atoms with Crippen LogP contribution in [0.1, 0.15) is 32.3 Å². The average Bonchev–Trinajstić information content (AvgIpc) is 2.50. The molecule has 1 aromatic carbocycles. The lowest BCUT2D eigenvalue weighted by Crippen LogP contribution is -2.57. The number of rotatable bonds is 9. The molecule has 20 heavy (non-hydrogen) atoms. The second kappa shape index (κ2) is 8.71. The Morgan fingerprint density at radius 1 is 1.25 bits per heavy atom. The third-order valence-electron chi connectivity index (χ3n) is 4.54. The topological polar surface area (TPSA) is 29.3 Å². The molecule has 1 rings (SSSR count). The summed E-state index contributed by atoms with van der Waals surface area (Å²) in [5, 5.41) is 0. The first-order valence-corrected chi connectivity index (χ1v) is 8.98. The molecule has 0 bridgehead atoms. The smallest absolute Gasteiger partial charge is 0.0369 e. The van der Waals surface area contributed by atoms with Gasteiger partial charge in [0.25, 0.3) is 0 Å². The van der Waals surface area contributed by atoms with Gasteiger partial charge < -0.3 is 5.73 Å². The molecule has 0 aliphatic rings. The summed E-state index contributed by atoms with van der Waals surface area (Å²) in [4.78, 5) is 2.54. The lowest BCUT2D eigenvalue weighted by Gasteiger charge is -2.45. The Morgan fingerprint density at radius 2 is 1.90 bits per heavy atom. The van der Waals surface area contributed by atoms with E-state index < -0.39 is 0 Å². The minimum atomic E-state index is 0.0672. The van der Waals surface area contributed by atoms with Crippen LogP contribution in [0.2, 0.25) is 0 Å². The number of likely N-dealkylation sites (N-methyl/N-ethyl adjacent to an activating group) is 1. The maximum Gasteiger partial charge on any atom is 0.0369 e. The minimum Gasteiger partial charge on any atom is -0.329 e. The zero-order chi connectivity index (χ0) is 15.0. The fraction of sp³-hybridized carbons (Fsp3) is 0.647. The van der Waals surface area contributed by atoms with E-state index >= 15 is 0 Å². The molecule has 2 nitrogen and oxygen atoms in total. The second-order valence-electron chi connectivity index (χ2n) is 5.57. The SMILES string of the molecule is CCC(CSC)N(C)C(CC)(CN)Cc1ccccc1. The molecule has 0 aliphatic carbocycles. The highest BCUT2D eigenvalue weighted by Crippen LogP contribution is 2.27. The van der Waals surface area contributed by atoms with Crippen molar-refractivity contribution in [2.75, 3.05) is 25.6 Å². The zero-order valence-electron chi connectivity index (χ0n) is 13.4. The molecule has 2 N–H and O–H groups in total. The van der Waals surface area contributed by atoms with Crippen LogP contribution in [-0.4, -0.2) is 42.1 Å². The number of benzene rings is 1. The van der Waals surface area contributed by atoms with Gasteiger partial charge in [0, 0.05) is 23.9 Å². The fourth-order valence-corrected chi connectivity index (χ4v) is 3.76. The van der Waals surface area contributed by atoms with Crippen molar-refractivity contribution in [2.45, 2.75) is 44.7 Å². The summed E-state index contributed by atoms with van der Waals surface area (Å²) in [7, 11) is 2.25. The first-order chi connectivity index (χ1) is 9.63. The zero-order valence-corrected chi connectivity index (χ0v) is 14.2.